The summed E-state index contributed by atoms with van der Waals surface area (Å²) in [6.07, 6.45) is 7.02. The minimum atomic E-state index is 0.193. The number of halogens is 1. The van der Waals surface area contributed by atoms with E-state index in [1.807, 2.05) is 0 Å². The van der Waals surface area contributed by atoms with E-state index >= 15 is 0 Å². The summed E-state index contributed by atoms with van der Waals surface area (Å²) in [5.41, 5.74) is 4.03. The number of alkyl halides is 1. The zero-order valence-electron chi connectivity index (χ0n) is 12.2. The molecule has 1 aromatic rings. The van der Waals surface area contributed by atoms with Gasteiger partial charge < -0.3 is 5.32 Å². The Bertz CT molecular complexity index is 377. The lowest BCUT2D eigenvalue weighted by Crippen LogP contribution is -2.32. The third-order valence-corrected chi connectivity index (χ3v) is 4.83. The van der Waals surface area contributed by atoms with Crippen LogP contribution in [0.25, 0.3) is 0 Å². The average molecular weight is 324 g/mol. The Hall–Kier alpha value is -0.340. The molecule has 2 heteroatoms. The second kappa shape index (κ2) is 6.90. The van der Waals surface area contributed by atoms with Gasteiger partial charge in [0, 0.05) is 12.0 Å². The first kappa shape index (κ1) is 15.1. The van der Waals surface area contributed by atoms with E-state index in [-0.39, 0.29) is 5.41 Å². The predicted molar refractivity (Wildman–Crippen MR) is 87.1 cm³/mol. The maximum Gasteiger partial charge on any atom is 0.0517 e. The van der Waals surface area contributed by atoms with Crippen LogP contribution in [-0.4, -0.2) is 12.0 Å². The van der Waals surface area contributed by atoms with Crippen molar-refractivity contribution in [2.24, 2.45) is 0 Å². The third kappa shape index (κ3) is 4.06. The Kier molecular flexibility index (Phi) is 5.47. The molecule has 0 spiro atoms. The number of rotatable bonds is 5. The molecule has 1 aliphatic carbocycles. The molecule has 1 saturated carbocycles. The lowest BCUT2D eigenvalue weighted by atomic mass is 9.80. The van der Waals surface area contributed by atoms with Gasteiger partial charge in [0.25, 0.3) is 0 Å². The molecule has 2 rings (SSSR count). The number of nitrogens with one attached hydrogen (secondary N) is 1. The van der Waals surface area contributed by atoms with Crippen molar-refractivity contribution >= 4 is 15.9 Å². The molecule has 1 nitrogen and oxygen atoms in total. The normalized spacial score (nSPS) is 17.6. The van der Waals surface area contributed by atoms with Crippen molar-refractivity contribution in [1.82, 2.24) is 5.32 Å². The second-order valence-corrected chi connectivity index (χ2v) is 6.96. The summed E-state index contributed by atoms with van der Waals surface area (Å²) < 4.78 is 0. The van der Waals surface area contributed by atoms with Crippen LogP contribution in [0, 0.1) is 0 Å². The van der Waals surface area contributed by atoms with Crippen LogP contribution in [0.1, 0.15) is 63.0 Å². The molecule has 1 aliphatic rings. The van der Waals surface area contributed by atoms with Gasteiger partial charge in [-0.1, -0.05) is 73.3 Å². The van der Waals surface area contributed by atoms with E-state index < -0.39 is 0 Å². The fraction of sp³-hybridized carbons (Fsp3) is 0.647. The first-order valence-corrected chi connectivity index (χ1v) is 8.63. The fourth-order valence-electron chi connectivity index (χ4n) is 3.10. The van der Waals surface area contributed by atoms with Crippen molar-refractivity contribution in [3.8, 4) is 0 Å². The lowest BCUT2D eigenvalue weighted by molar-refractivity contribution is 0.443. The number of hydrogen-bond acceptors (Lipinski definition) is 1. The molecule has 106 valence electrons. The highest BCUT2D eigenvalue weighted by Gasteiger charge is 2.21. The van der Waals surface area contributed by atoms with Crippen LogP contribution in [-0.2, 0) is 5.41 Å². The largest absolute Gasteiger partial charge is 0.306 e. The molecule has 0 atom stereocenters. The van der Waals surface area contributed by atoms with Crippen molar-refractivity contribution < 1.29 is 0 Å². The first-order chi connectivity index (χ1) is 9.13. The molecule has 19 heavy (non-hydrogen) atoms. The summed E-state index contributed by atoms with van der Waals surface area (Å²) in [6.45, 7) is 5.61. The molecule has 0 radical (unpaired) electrons. The number of hydrogen-bond donors (Lipinski definition) is 1. The molecule has 0 aromatic heterocycles. The summed E-state index contributed by atoms with van der Waals surface area (Å²) in [7, 11) is 0. The molecule has 1 fully saturated rings. The molecular weight excluding hydrogens is 298 g/mol. The first-order valence-electron chi connectivity index (χ1n) is 7.50. The summed E-state index contributed by atoms with van der Waals surface area (Å²) in [5, 5.41) is 3.38. The van der Waals surface area contributed by atoms with Crippen LogP contribution in [0.2, 0.25) is 0 Å². The fourth-order valence-corrected chi connectivity index (χ4v) is 3.30. The van der Waals surface area contributed by atoms with Crippen LogP contribution >= 0.6 is 15.9 Å². The van der Waals surface area contributed by atoms with E-state index in [1.165, 1.54) is 37.7 Å². The molecule has 0 aliphatic heterocycles. The van der Waals surface area contributed by atoms with Gasteiger partial charge in [0.1, 0.15) is 0 Å². The molecule has 0 amide bonds. The van der Waals surface area contributed by atoms with E-state index in [4.69, 9.17) is 0 Å². The average Bonchev–Trinajstić information content (AvgIpc) is 2.46. The summed E-state index contributed by atoms with van der Waals surface area (Å²) in [6, 6.07) is 9.39. The molecule has 1 aromatic carbocycles. The van der Waals surface area contributed by atoms with Gasteiger partial charge in [-0.05, 0) is 29.9 Å². The highest BCUT2D eigenvalue weighted by atomic mass is 79.9. The van der Waals surface area contributed by atoms with Gasteiger partial charge in [0.2, 0.25) is 0 Å². The molecule has 0 heterocycles. The smallest absolute Gasteiger partial charge is 0.0517 e. The van der Waals surface area contributed by atoms with Crippen molar-refractivity contribution in [2.45, 2.75) is 57.3 Å². The Balaban J connectivity index is 2.04. The maximum atomic E-state index is 3.43. The maximum absolute atomic E-state index is 3.43. The summed E-state index contributed by atoms with van der Waals surface area (Å²) >= 11 is 3.43. The quantitative estimate of drug-likeness (QED) is 0.597. The molecule has 0 bridgehead atoms. The molecule has 1 N–H and O–H groups in total. The van der Waals surface area contributed by atoms with Gasteiger partial charge in [-0.2, -0.15) is 0 Å². The van der Waals surface area contributed by atoms with Crippen LogP contribution in [0.4, 0.5) is 0 Å². The highest BCUT2D eigenvalue weighted by molar-refractivity contribution is 9.09. The topological polar surface area (TPSA) is 12.0 Å². The summed E-state index contributed by atoms with van der Waals surface area (Å²) in [5.74, 6) is 0.812. The lowest BCUT2D eigenvalue weighted by Gasteiger charge is -2.27. The standard InChI is InChI=1S/C17H26BrN/c1-17(2,12-19-13-18)16-10-8-15(9-11-16)14-6-4-3-5-7-14/h8-11,14,19H,3-7,12-13H2,1-2H3. The van der Waals surface area contributed by atoms with Crippen molar-refractivity contribution in [3.63, 3.8) is 0 Å². The Morgan fingerprint density at radius 3 is 2.32 bits per heavy atom. The summed E-state index contributed by atoms with van der Waals surface area (Å²) in [4.78, 5) is 0. The Morgan fingerprint density at radius 2 is 1.74 bits per heavy atom. The van der Waals surface area contributed by atoms with Gasteiger partial charge >= 0.3 is 0 Å². The van der Waals surface area contributed by atoms with Gasteiger partial charge in [0.15, 0.2) is 0 Å². The zero-order chi connectivity index (χ0) is 13.7. The minimum absolute atomic E-state index is 0.193. The van der Waals surface area contributed by atoms with E-state index in [2.05, 4.69) is 59.4 Å². The van der Waals surface area contributed by atoms with E-state index in [1.54, 1.807) is 5.56 Å². The minimum Gasteiger partial charge on any atom is -0.306 e. The second-order valence-electron chi connectivity index (χ2n) is 6.40. The van der Waals surface area contributed by atoms with Gasteiger partial charge in [-0.15, -0.1) is 0 Å². The third-order valence-electron chi connectivity index (χ3n) is 4.43. The zero-order valence-corrected chi connectivity index (χ0v) is 13.8. The van der Waals surface area contributed by atoms with Gasteiger partial charge in [-0.3, -0.25) is 0 Å². The van der Waals surface area contributed by atoms with Crippen LogP contribution in [0.15, 0.2) is 24.3 Å². The highest BCUT2D eigenvalue weighted by Crippen LogP contribution is 2.33. The molecule has 0 unspecified atom stereocenters. The van der Waals surface area contributed by atoms with Crippen molar-refractivity contribution in [2.75, 3.05) is 12.0 Å². The molecule has 0 saturated heterocycles. The van der Waals surface area contributed by atoms with Crippen LogP contribution in [0.3, 0.4) is 0 Å². The predicted octanol–water partition coefficient (Wildman–Crippen LogP) is 4.95. The number of benzene rings is 1. The van der Waals surface area contributed by atoms with Gasteiger partial charge in [-0.25, -0.2) is 0 Å². The SMILES string of the molecule is CC(C)(CNCBr)c1ccc(C2CCCCC2)cc1. The van der Waals surface area contributed by atoms with Crippen LogP contribution < -0.4 is 5.32 Å². The van der Waals surface area contributed by atoms with Gasteiger partial charge in [0.05, 0.1) is 5.45 Å². The monoisotopic (exact) mass is 323 g/mol. The Labute approximate surface area is 126 Å². The van der Waals surface area contributed by atoms with Crippen molar-refractivity contribution in [1.29, 1.82) is 0 Å². The van der Waals surface area contributed by atoms with E-state index in [9.17, 15) is 0 Å². The van der Waals surface area contributed by atoms with E-state index in [0.717, 1.165) is 17.9 Å². The van der Waals surface area contributed by atoms with Crippen LogP contribution in [0.5, 0.6) is 0 Å². The van der Waals surface area contributed by atoms with E-state index in [0.29, 0.717) is 0 Å². The van der Waals surface area contributed by atoms with Crippen molar-refractivity contribution in [3.05, 3.63) is 35.4 Å². The molecular formula is C17H26BrN. The Morgan fingerprint density at radius 1 is 1.11 bits per heavy atom.